The van der Waals surface area contributed by atoms with Crippen molar-refractivity contribution in [2.24, 2.45) is 0 Å². The van der Waals surface area contributed by atoms with E-state index in [1.807, 2.05) is 0 Å². The summed E-state index contributed by atoms with van der Waals surface area (Å²) in [7, 11) is 0. The van der Waals surface area contributed by atoms with E-state index in [2.05, 4.69) is 26.0 Å². The number of allylic oxidation sites excluding steroid dienone is 2. The van der Waals surface area contributed by atoms with Crippen molar-refractivity contribution < 1.29 is 0 Å². The summed E-state index contributed by atoms with van der Waals surface area (Å²) in [6.45, 7) is 6.15. The Morgan fingerprint density at radius 1 is 0.611 bits per heavy atom. The highest BCUT2D eigenvalue weighted by molar-refractivity contribution is 4.81. The van der Waals surface area contributed by atoms with Gasteiger partial charge in [-0.15, -0.1) is 0 Å². The highest BCUT2D eigenvalue weighted by Gasteiger charge is 1.90. The summed E-state index contributed by atoms with van der Waals surface area (Å²) >= 11 is 0. The smallest absolute Gasteiger partial charge is 0.0351 e. The van der Waals surface area contributed by atoms with Crippen LogP contribution in [-0.2, 0) is 0 Å². The minimum Gasteiger partial charge on any atom is -0.0885 e. The fraction of sp³-hybridized carbons (Fsp3) is 0.833. The zero-order valence-corrected chi connectivity index (χ0v) is 12.8. The third-order valence-electron chi connectivity index (χ3n) is 3.51. The maximum atomic E-state index is 3.88. The minimum absolute atomic E-state index is 1.11. The molecule has 0 amide bonds. The molecule has 18 heavy (non-hydrogen) atoms. The summed E-state index contributed by atoms with van der Waals surface area (Å²) in [5.41, 5.74) is 0. The number of hydrogen-bond donors (Lipinski definition) is 0. The van der Waals surface area contributed by atoms with Gasteiger partial charge in [0.05, 0.1) is 0 Å². The molecule has 0 aliphatic rings. The molecular formula is C18H35. The lowest BCUT2D eigenvalue weighted by molar-refractivity contribution is 0.583. The lowest BCUT2D eigenvalue weighted by Gasteiger charge is -1.99. The molecule has 107 valence electrons. The van der Waals surface area contributed by atoms with Gasteiger partial charge in [0.2, 0.25) is 0 Å². The van der Waals surface area contributed by atoms with Crippen molar-refractivity contribution in [3.8, 4) is 0 Å². The maximum Gasteiger partial charge on any atom is -0.0351 e. The lowest BCUT2D eigenvalue weighted by Crippen LogP contribution is -1.80. The molecule has 1 radical (unpaired) electrons. The summed E-state index contributed by atoms with van der Waals surface area (Å²) < 4.78 is 0. The monoisotopic (exact) mass is 251 g/mol. The number of rotatable bonds is 14. The molecular weight excluding hydrogens is 216 g/mol. The molecule has 0 unspecified atom stereocenters. The first-order valence-corrected chi connectivity index (χ1v) is 8.36. The van der Waals surface area contributed by atoms with Crippen molar-refractivity contribution >= 4 is 0 Å². The highest BCUT2D eigenvalue weighted by atomic mass is 14.0. The normalized spacial score (nSPS) is 11.4. The average Bonchev–Trinajstić information content (AvgIpc) is 2.39. The van der Waals surface area contributed by atoms with E-state index in [0.29, 0.717) is 0 Å². The molecule has 0 aliphatic carbocycles. The van der Waals surface area contributed by atoms with Gasteiger partial charge in [0, 0.05) is 0 Å². The van der Waals surface area contributed by atoms with Gasteiger partial charge in [0.1, 0.15) is 0 Å². The van der Waals surface area contributed by atoms with Crippen LogP contribution in [0.1, 0.15) is 96.8 Å². The third kappa shape index (κ3) is 15.7. The zero-order valence-electron chi connectivity index (χ0n) is 12.8. The molecule has 0 fully saturated rings. The number of hydrogen-bond acceptors (Lipinski definition) is 0. The number of unbranched alkanes of at least 4 members (excludes halogenated alkanes) is 12. The van der Waals surface area contributed by atoms with Crippen LogP contribution < -0.4 is 0 Å². The Labute approximate surface area is 116 Å². The summed E-state index contributed by atoms with van der Waals surface area (Å²) in [6.07, 6.45) is 23.9. The van der Waals surface area contributed by atoms with Crippen LogP contribution in [0.25, 0.3) is 0 Å². The molecule has 0 aromatic carbocycles. The predicted octanol–water partition coefficient (Wildman–Crippen LogP) is 6.86. The first-order valence-electron chi connectivity index (χ1n) is 8.36. The molecule has 0 N–H and O–H groups in total. The molecule has 0 saturated heterocycles. The van der Waals surface area contributed by atoms with Crippen molar-refractivity contribution in [1.29, 1.82) is 0 Å². The van der Waals surface area contributed by atoms with E-state index in [4.69, 9.17) is 0 Å². The molecule has 0 aromatic rings. The van der Waals surface area contributed by atoms with Gasteiger partial charge in [-0.1, -0.05) is 90.2 Å². The molecule has 0 aliphatic heterocycles. The van der Waals surface area contributed by atoms with E-state index in [1.165, 1.54) is 83.5 Å². The minimum atomic E-state index is 1.11. The van der Waals surface area contributed by atoms with Crippen molar-refractivity contribution in [3.63, 3.8) is 0 Å². The van der Waals surface area contributed by atoms with Crippen molar-refractivity contribution in [1.82, 2.24) is 0 Å². The maximum absolute atomic E-state index is 3.88. The second-order valence-corrected chi connectivity index (χ2v) is 5.44. The Kier molecular flexibility index (Phi) is 16.5. The Hall–Kier alpha value is -0.260. The quantitative estimate of drug-likeness (QED) is 0.234. The Morgan fingerprint density at radius 3 is 1.56 bits per heavy atom. The molecule has 0 heteroatoms. The molecule has 0 saturated carbocycles. The largest absolute Gasteiger partial charge is 0.0885 e. The van der Waals surface area contributed by atoms with Crippen LogP contribution in [0, 0.1) is 6.92 Å². The third-order valence-corrected chi connectivity index (χ3v) is 3.51. The van der Waals surface area contributed by atoms with Gasteiger partial charge in [-0.2, -0.15) is 0 Å². The van der Waals surface area contributed by atoms with Crippen LogP contribution in [0.5, 0.6) is 0 Å². The lowest BCUT2D eigenvalue weighted by atomic mass is 10.1. The fourth-order valence-corrected chi connectivity index (χ4v) is 2.25. The molecule has 0 heterocycles. The summed E-state index contributed by atoms with van der Waals surface area (Å²) in [5, 5.41) is 0. The van der Waals surface area contributed by atoms with Crippen LogP contribution in [0.4, 0.5) is 0 Å². The van der Waals surface area contributed by atoms with Gasteiger partial charge in [-0.3, -0.25) is 0 Å². The van der Waals surface area contributed by atoms with Crippen LogP contribution in [0.2, 0.25) is 0 Å². The topological polar surface area (TPSA) is 0 Å². The highest BCUT2D eigenvalue weighted by Crippen LogP contribution is 2.10. The average molecular weight is 251 g/mol. The van der Waals surface area contributed by atoms with E-state index in [1.54, 1.807) is 0 Å². The van der Waals surface area contributed by atoms with Crippen molar-refractivity contribution in [2.45, 2.75) is 96.8 Å². The van der Waals surface area contributed by atoms with Gasteiger partial charge in [-0.25, -0.2) is 0 Å². The molecule has 0 rings (SSSR count). The van der Waals surface area contributed by atoms with E-state index in [0.717, 1.165) is 6.42 Å². The first kappa shape index (κ1) is 17.7. The summed E-state index contributed by atoms with van der Waals surface area (Å²) in [6, 6.07) is 0. The Morgan fingerprint density at radius 2 is 1.06 bits per heavy atom. The van der Waals surface area contributed by atoms with Gasteiger partial charge < -0.3 is 0 Å². The second-order valence-electron chi connectivity index (χ2n) is 5.44. The first-order chi connectivity index (χ1) is 8.91. The van der Waals surface area contributed by atoms with Gasteiger partial charge in [0.15, 0.2) is 0 Å². The molecule has 0 bridgehead atoms. The summed E-state index contributed by atoms with van der Waals surface area (Å²) in [5.74, 6) is 0. The van der Waals surface area contributed by atoms with E-state index < -0.39 is 0 Å². The van der Waals surface area contributed by atoms with Crippen LogP contribution in [0.3, 0.4) is 0 Å². The molecule has 0 aromatic heterocycles. The second kappa shape index (κ2) is 16.7. The van der Waals surface area contributed by atoms with E-state index in [-0.39, 0.29) is 0 Å². The standard InChI is InChI=1S/C18H35/c1-3-5-7-9-11-13-15-17-18-16-14-12-10-8-6-4-2/h14,16H,1,3-13,15,17-18H2,2H3. The Bertz CT molecular complexity index is 157. The molecule has 0 spiro atoms. The van der Waals surface area contributed by atoms with Crippen molar-refractivity contribution in [3.05, 3.63) is 19.1 Å². The predicted molar refractivity (Wildman–Crippen MR) is 84.8 cm³/mol. The fourth-order valence-electron chi connectivity index (χ4n) is 2.25. The van der Waals surface area contributed by atoms with Crippen LogP contribution in [0.15, 0.2) is 12.2 Å². The van der Waals surface area contributed by atoms with Gasteiger partial charge in [-0.05, 0) is 25.7 Å². The van der Waals surface area contributed by atoms with E-state index in [9.17, 15) is 0 Å². The molecule has 0 nitrogen and oxygen atoms in total. The van der Waals surface area contributed by atoms with Crippen LogP contribution >= 0.6 is 0 Å². The van der Waals surface area contributed by atoms with E-state index >= 15 is 0 Å². The van der Waals surface area contributed by atoms with Gasteiger partial charge in [0.25, 0.3) is 0 Å². The Balaban J connectivity index is 2.99. The van der Waals surface area contributed by atoms with Crippen molar-refractivity contribution in [2.75, 3.05) is 0 Å². The zero-order chi connectivity index (χ0) is 13.3. The summed E-state index contributed by atoms with van der Waals surface area (Å²) in [4.78, 5) is 0. The van der Waals surface area contributed by atoms with Crippen LogP contribution in [-0.4, -0.2) is 0 Å². The molecule has 0 atom stereocenters. The SMILES string of the molecule is [CH2]CCCCCCCCCC=CCCCCCC. The van der Waals surface area contributed by atoms with Gasteiger partial charge >= 0.3 is 0 Å².